The smallest absolute Gasteiger partial charge is 0.188 e. The maximum absolute atomic E-state index is 4.70. The lowest BCUT2D eigenvalue weighted by Gasteiger charge is -2.27. The van der Waals surface area contributed by atoms with Gasteiger partial charge in [0.15, 0.2) is 5.13 Å². The fraction of sp³-hybridized carbons (Fsp3) is 0.429. The fourth-order valence-corrected chi connectivity index (χ4v) is 3.18. The van der Waals surface area contributed by atoms with Crippen molar-refractivity contribution in [1.82, 2.24) is 14.9 Å². The maximum Gasteiger partial charge on any atom is 0.188 e. The Labute approximate surface area is 117 Å². The van der Waals surface area contributed by atoms with E-state index in [4.69, 9.17) is 4.98 Å². The number of nitrogens with zero attached hydrogens (tertiary/aromatic N) is 3. The summed E-state index contributed by atoms with van der Waals surface area (Å²) in [6.45, 7) is 2.34. The molecule has 100 valence electrons. The highest BCUT2D eigenvalue weighted by molar-refractivity contribution is 7.13. The molecule has 1 aliphatic rings. The Hall–Kier alpha value is -1.46. The van der Waals surface area contributed by atoms with Crippen LogP contribution < -0.4 is 5.32 Å². The van der Waals surface area contributed by atoms with Crippen molar-refractivity contribution in [3.8, 4) is 0 Å². The second kappa shape index (κ2) is 5.67. The number of thiazole rings is 1. The third-order valence-electron chi connectivity index (χ3n) is 3.56. The summed E-state index contributed by atoms with van der Waals surface area (Å²) in [5.41, 5.74) is 1.23. The van der Waals surface area contributed by atoms with Crippen molar-refractivity contribution in [2.24, 2.45) is 0 Å². The molecule has 19 heavy (non-hydrogen) atoms. The van der Waals surface area contributed by atoms with E-state index >= 15 is 0 Å². The van der Waals surface area contributed by atoms with Crippen LogP contribution in [0.25, 0.3) is 0 Å². The van der Waals surface area contributed by atoms with Crippen molar-refractivity contribution in [3.63, 3.8) is 0 Å². The lowest BCUT2D eigenvalue weighted by molar-refractivity contribution is 0.254. The molecule has 2 aromatic heterocycles. The first-order chi connectivity index (χ1) is 9.31. The van der Waals surface area contributed by atoms with Crippen LogP contribution in [-0.4, -0.2) is 35.0 Å². The SMILES string of the molecule is CN1CCC(c2csc(Nc3ccccn3)n2)CC1. The molecule has 1 aliphatic heterocycles. The van der Waals surface area contributed by atoms with E-state index in [1.165, 1.54) is 31.6 Å². The van der Waals surface area contributed by atoms with Crippen LogP contribution in [0, 0.1) is 0 Å². The molecule has 1 N–H and O–H groups in total. The summed E-state index contributed by atoms with van der Waals surface area (Å²) in [6.07, 6.45) is 4.21. The van der Waals surface area contributed by atoms with Gasteiger partial charge < -0.3 is 10.2 Å². The number of aromatic nitrogens is 2. The predicted molar refractivity (Wildman–Crippen MR) is 79.1 cm³/mol. The average molecular weight is 274 g/mol. The number of likely N-dealkylation sites (tertiary alicyclic amines) is 1. The Morgan fingerprint density at radius 3 is 2.89 bits per heavy atom. The van der Waals surface area contributed by atoms with Crippen molar-refractivity contribution in [3.05, 3.63) is 35.5 Å². The Morgan fingerprint density at radius 2 is 2.16 bits per heavy atom. The third kappa shape index (κ3) is 3.11. The van der Waals surface area contributed by atoms with Crippen LogP contribution in [0.15, 0.2) is 29.8 Å². The largest absolute Gasteiger partial charge is 0.316 e. The van der Waals surface area contributed by atoms with E-state index in [1.54, 1.807) is 17.5 Å². The Balaban J connectivity index is 1.66. The minimum Gasteiger partial charge on any atom is -0.316 e. The first-order valence-corrected chi connectivity index (χ1v) is 7.51. The van der Waals surface area contributed by atoms with Crippen LogP contribution in [0.4, 0.5) is 10.9 Å². The van der Waals surface area contributed by atoms with Crippen molar-refractivity contribution in [2.45, 2.75) is 18.8 Å². The molecule has 3 heterocycles. The summed E-state index contributed by atoms with van der Waals surface area (Å²) in [5.74, 6) is 1.47. The van der Waals surface area contributed by atoms with E-state index in [1.807, 2.05) is 18.2 Å². The van der Waals surface area contributed by atoms with Gasteiger partial charge in [0.2, 0.25) is 0 Å². The van der Waals surface area contributed by atoms with Gasteiger partial charge in [-0.25, -0.2) is 9.97 Å². The lowest BCUT2D eigenvalue weighted by atomic mass is 9.95. The summed E-state index contributed by atoms with van der Waals surface area (Å²) in [6, 6.07) is 5.84. The highest BCUT2D eigenvalue weighted by Gasteiger charge is 2.20. The average Bonchev–Trinajstić information content (AvgIpc) is 2.89. The molecule has 0 unspecified atom stereocenters. The molecule has 0 radical (unpaired) electrons. The third-order valence-corrected chi connectivity index (χ3v) is 4.33. The predicted octanol–water partition coefficient (Wildman–Crippen LogP) is 3.09. The van der Waals surface area contributed by atoms with Gasteiger partial charge in [0, 0.05) is 17.5 Å². The molecule has 0 atom stereocenters. The minimum atomic E-state index is 0.617. The highest BCUT2D eigenvalue weighted by Crippen LogP contribution is 2.30. The molecule has 4 nitrogen and oxygen atoms in total. The van der Waals surface area contributed by atoms with Crippen molar-refractivity contribution in [2.75, 3.05) is 25.5 Å². The molecular formula is C14H18N4S. The van der Waals surface area contributed by atoms with Crippen LogP contribution in [0.2, 0.25) is 0 Å². The molecule has 3 rings (SSSR count). The van der Waals surface area contributed by atoms with E-state index in [-0.39, 0.29) is 0 Å². The Kier molecular flexibility index (Phi) is 3.75. The van der Waals surface area contributed by atoms with E-state index in [9.17, 15) is 0 Å². The molecule has 1 saturated heterocycles. The number of hydrogen-bond acceptors (Lipinski definition) is 5. The first kappa shape index (κ1) is 12.6. The van der Waals surface area contributed by atoms with Crippen molar-refractivity contribution >= 4 is 22.3 Å². The van der Waals surface area contributed by atoms with Crippen molar-refractivity contribution in [1.29, 1.82) is 0 Å². The molecule has 0 amide bonds. The fourth-order valence-electron chi connectivity index (χ4n) is 2.38. The van der Waals surface area contributed by atoms with Gasteiger partial charge in [-0.05, 0) is 45.1 Å². The topological polar surface area (TPSA) is 41.0 Å². The van der Waals surface area contributed by atoms with Crippen LogP contribution in [0.5, 0.6) is 0 Å². The van der Waals surface area contributed by atoms with E-state index in [2.05, 4.69) is 27.6 Å². The summed E-state index contributed by atoms with van der Waals surface area (Å²) < 4.78 is 0. The van der Waals surface area contributed by atoms with Gasteiger partial charge >= 0.3 is 0 Å². The van der Waals surface area contributed by atoms with E-state index < -0.39 is 0 Å². The van der Waals surface area contributed by atoms with Gasteiger partial charge in [-0.2, -0.15) is 0 Å². The van der Waals surface area contributed by atoms with Gasteiger partial charge in [-0.1, -0.05) is 6.07 Å². The lowest BCUT2D eigenvalue weighted by Crippen LogP contribution is -2.29. The molecule has 0 aromatic carbocycles. The van der Waals surface area contributed by atoms with Crippen LogP contribution in [0.1, 0.15) is 24.5 Å². The maximum atomic E-state index is 4.70. The Morgan fingerprint density at radius 1 is 1.32 bits per heavy atom. The number of anilines is 2. The van der Waals surface area contributed by atoms with Crippen LogP contribution >= 0.6 is 11.3 Å². The van der Waals surface area contributed by atoms with E-state index in [0.29, 0.717) is 5.92 Å². The minimum absolute atomic E-state index is 0.617. The number of pyridine rings is 1. The number of nitrogens with one attached hydrogen (secondary N) is 1. The second-order valence-electron chi connectivity index (χ2n) is 5.00. The first-order valence-electron chi connectivity index (χ1n) is 6.63. The zero-order valence-corrected chi connectivity index (χ0v) is 11.9. The van der Waals surface area contributed by atoms with E-state index in [0.717, 1.165) is 10.9 Å². The normalized spacial score (nSPS) is 17.5. The monoisotopic (exact) mass is 274 g/mol. The molecule has 1 fully saturated rings. The van der Waals surface area contributed by atoms with Gasteiger partial charge in [-0.3, -0.25) is 0 Å². The molecule has 0 spiro atoms. The van der Waals surface area contributed by atoms with Gasteiger partial charge in [0.25, 0.3) is 0 Å². The summed E-state index contributed by atoms with van der Waals surface area (Å²) >= 11 is 1.66. The molecule has 0 aliphatic carbocycles. The Bertz CT molecular complexity index is 517. The second-order valence-corrected chi connectivity index (χ2v) is 5.85. The van der Waals surface area contributed by atoms with Gasteiger partial charge in [-0.15, -0.1) is 11.3 Å². The summed E-state index contributed by atoms with van der Waals surface area (Å²) in [4.78, 5) is 11.3. The summed E-state index contributed by atoms with van der Waals surface area (Å²) in [5, 5.41) is 6.38. The zero-order chi connectivity index (χ0) is 13.1. The quantitative estimate of drug-likeness (QED) is 0.934. The van der Waals surface area contributed by atoms with Crippen LogP contribution in [0.3, 0.4) is 0 Å². The molecular weight excluding hydrogens is 256 g/mol. The van der Waals surface area contributed by atoms with Gasteiger partial charge in [0.1, 0.15) is 5.82 Å². The summed E-state index contributed by atoms with van der Waals surface area (Å²) in [7, 11) is 2.19. The highest BCUT2D eigenvalue weighted by atomic mass is 32.1. The number of rotatable bonds is 3. The molecule has 5 heteroatoms. The molecule has 2 aromatic rings. The number of hydrogen-bond donors (Lipinski definition) is 1. The van der Waals surface area contributed by atoms with Crippen LogP contribution in [-0.2, 0) is 0 Å². The molecule has 0 bridgehead atoms. The standard InChI is InChI=1S/C14H18N4S/c1-18-8-5-11(6-9-18)12-10-19-14(16-12)17-13-4-2-3-7-15-13/h2-4,7,10-11H,5-6,8-9H2,1H3,(H,15,16,17). The zero-order valence-electron chi connectivity index (χ0n) is 11.0. The van der Waals surface area contributed by atoms with Gasteiger partial charge in [0.05, 0.1) is 5.69 Å². The van der Waals surface area contributed by atoms with Crippen molar-refractivity contribution < 1.29 is 0 Å². The number of piperidine rings is 1. The molecule has 0 saturated carbocycles.